The zero-order valence-electron chi connectivity index (χ0n) is 14.1. The van der Waals surface area contributed by atoms with Crippen LogP contribution in [-0.2, 0) is 0 Å². The summed E-state index contributed by atoms with van der Waals surface area (Å²) in [5, 5.41) is 1.71. The molecule has 1 amide bonds. The minimum Gasteiger partial charge on any atom is -0.267 e. The number of carbonyl (C=O) groups is 1. The van der Waals surface area contributed by atoms with E-state index in [4.69, 9.17) is 11.6 Å². The van der Waals surface area contributed by atoms with Gasteiger partial charge in [-0.15, -0.1) is 11.3 Å². The number of nitrogens with zero attached hydrogens (tertiary/aromatic N) is 3. The Morgan fingerprint density at radius 1 is 1.19 bits per heavy atom. The number of para-hydroxylation sites is 1. The molecule has 2 heterocycles. The van der Waals surface area contributed by atoms with Crippen molar-refractivity contribution in [3.63, 3.8) is 0 Å². The van der Waals surface area contributed by atoms with Gasteiger partial charge in [0.15, 0.2) is 0 Å². The zero-order chi connectivity index (χ0) is 19.0. The number of nitrogens with one attached hydrogen (secondary N) is 1. The van der Waals surface area contributed by atoms with E-state index in [1.807, 2.05) is 12.1 Å². The van der Waals surface area contributed by atoms with Gasteiger partial charge in [0.2, 0.25) is 0 Å². The molecule has 8 heteroatoms. The molecule has 0 saturated heterocycles. The first-order valence-corrected chi connectivity index (χ1v) is 9.23. The second-order valence-electron chi connectivity index (χ2n) is 5.82. The number of benzene rings is 2. The molecule has 134 valence electrons. The molecular weight excluding hydrogens is 384 g/mol. The van der Waals surface area contributed by atoms with E-state index in [0.29, 0.717) is 31.5 Å². The maximum atomic E-state index is 12.7. The molecule has 6 nitrogen and oxygen atoms in total. The molecule has 0 aliphatic rings. The Hall–Kier alpha value is -3.03. The number of amides is 1. The quantitative estimate of drug-likeness (QED) is 0.570. The summed E-state index contributed by atoms with van der Waals surface area (Å²) in [6.07, 6.45) is 1.30. The smallest absolute Gasteiger partial charge is 0.267 e. The minimum absolute atomic E-state index is 0.341. The van der Waals surface area contributed by atoms with Crippen molar-refractivity contribution in [1.29, 1.82) is 0 Å². The maximum Gasteiger partial charge on any atom is 0.282 e. The summed E-state index contributed by atoms with van der Waals surface area (Å²) in [6.45, 7) is 1.75. The van der Waals surface area contributed by atoms with Crippen LogP contribution >= 0.6 is 22.9 Å². The topological polar surface area (TPSA) is 76.9 Å². The number of hydrogen-bond acceptors (Lipinski definition) is 5. The molecule has 4 rings (SSSR count). The van der Waals surface area contributed by atoms with Crippen LogP contribution in [0.1, 0.15) is 15.4 Å². The molecule has 0 atom stereocenters. The number of halogens is 1. The molecule has 1 N–H and O–H groups in total. The lowest BCUT2D eigenvalue weighted by molar-refractivity contribution is 0.101. The average Bonchev–Trinajstić information content (AvgIpc) is 3.06. The second-order valence-corrected chi connectivity index (χ2v) is 7.26. The first kappa shape index (κ1) is 17.4. The maximum absolute atomic E-state index is 12.7. The van der Waals surface area contributed by atoms with E-state index in [1.54, 1.807) is 43.3 Å². The molecule has 0 aliphatic carbocycles. The van der Waals surface area contributed by atoms with Gasteiger partial charge in [-0.25, -0.2) is 14.6 Å². The summed E-state index contributed by atoms with van der Waals surface area (Å²) in [5.74, 6) is -0.419. The normalized spacial score (nSPS) is 10.9. The van der Waals surface area contributed by atoms with Gasteiger partial charge < -0.3 is 0 Å². The van der Waals surface area contributed by atoms with Crippen molar-refractivity contribution in [2.75, 3.05) is 5.43 Å². The van der Waals surface area contributed by atoms with Gasteiger partial charge in [0.05, 0.1) is 16.6 Å². The molecule has 0 bridgehead atoms. The molecule has 2 aromatic heterocycles. The summed E-state index contributed by atoms with van der Waals surface area (Å²) >= 11 is 7.27. The highest BCUT2D eigenvalue weighted by Crippen LogP contribution is 2.29. The lowest BCUT2D eigenvalue weighted by Crippen LogP contribution is -2.33. The van der Waals surface area contributed by atoms with Crippen LogP contribution in [0.3, 0.4) is 0 Å². The number of hydrogen-bond donors (Lipinski definition) is 1. The molecule has 0 unspecified atom stereocenters. The minimum atomic E-state index is -0.419. The van der Waals surface area contributed by atoms with E-state index in [0.717, 1.165) is 10.2 Å². The molecule has 2 aromatic carbocycles. The Morgan fingerprint density at radius 3 is 2.81 bits per heavy atom. The summed E-state index contributed by atoms with van der Waals surface area (Å²) in [4.78, 5) is 34.3. The van der Waals surface area contributed by atoms with Gasteiger partial charge in [-0.2, -0.15) is 0 Å². The van der Waals surface area contributed by atoms with Crippen LogP contribution in [0, 0.1) is 6.92 Å². The standard InChI is InChI=1S/C19H13ClN4O2S/c1-11-16(27-18(22-11)12-5-4-6-13(20)9-12)17(25)23-24-10-21-15-8-3-2-7-14(15)19(24)26/h2-10H,1H3,(H,23,25). The molecule has 0 saturated carbocycles. The highest BCUT2D eigenvalue weighted by molar-refractivity contribution is 7.17. The third kappa shape index (κ3) is 3.34. The third-order valence-corrected chi connectivity index (χ3v) is 5.40. The lowest BCUT2D eigenvalue weighted by Gasteiger charge is -2.07. The van der Waals surface area contributed by atoms with Crippen LogP contribution in [0.2, 0.25) is 5.02 Å². The molecule has 4 aromatic rings. The van der Waals surface area contributed by atoms with E-state index in [-0.39, 0.29) is 5.56 Å². The number of thiazole rings is 1. The van der Waals surface area contributed by atoms with E-state index in [1.165, 1.54) is 17.7 Å². The van der Waals surface area contributed by atoms with Crippen molar-refractivity contribution in [2.45, 2.75) is 6.92 Å². The van der Waals surface area contributed by atoms with Gasteiger partial charge in [0.25, 0.3) is 11.5 Å². The Morgan fingerprint density at radius 2 is 2.00 bits per heavy atom. The van der Waals surface area contributed by atoms with Crippen molar-refractivity contribution in [2.24, 2.45) is 0 Å². The van der Waals surface area contributed by atoms with Gasteiger partial charge in [-0.1, -0.05) is 35.9 Å². The van der Waals surface area contributed by atoms with Crippen LogP contribution in [0.4, 0.5) is 0 Å². The fourth-order valence-electron chi connectivity index (χ4n) is 2.66. The lowest BCUT2D eigenvalue weighted by atomic mass is 10.2. The van der Waals surface area contributed by atoms with E-state index < -0.39 is 5.91 Å². The molecule has 0 fully saturated rings. The fourth-order valence-corrected chi connectivity index (χ4v) is 3.80. The van der Waals surface area contributed by atoms with Gasteiger partial charge >= 0.3 is 0 Å². The molecule has 0 aliphatic heterocycles. The predicted octanol–water partition coefficient (Wildman–Crippen LogP) is 3.87. The van der Waals surface area contributed by atoms with E-state index in [9.17, 15) is 9.59 Å². The van der Waals surface area contributed by atoms with Crippen LogP contribution in [0.5, 0.6) is 0 Å². The highest BCUT2D eigenvalue weighted by atomic mass is 35.5. The van der Waals surface area contributed by atoms with Crippen LogP contribution < -0.4 is 11.0 Å². The van der Waals surface area contributed by atoms with Crippen LogP contribution in [0.15, 0.2) is 59.7 Å². The van der Waals surface area contributed by atoms with Gasteiger partial charge in [-0.05, 0) is 31.2 Å². The number of fused-ring (bicyclic) bond motifs is 1. The Balaban J connectivity index is 1.66. The largest absolute Gasteiger partial charge is 0.282 e. The van der Waals surface area contributed by atoms with Crippen molar-refractivity contribution in [3.05, 3.63) is 80.8 Å². The molecular formula is C19H13ClN4O2S. The van der Waals surface area contributed by atoms with Crippen LogP contribution in [-0.4, -0.2) is 20.6 Å². The Kier molecular flexibility index (Phi) is 4.47. The number of rotatable bonds is 3. The van der Waals surface area contributed by atoms with Crippen molar-refractivity contribution >= 4 is 39.7 Å². The van der Waals surface area contributed by atoms with Gasteiger partial charge in [-0.3, -0.25) is 15.0 Å². The second kappa shape index (κ2) is 6.94. The highest BCUT2D eigenvalue weighted by Gasteiger charge is 2.17. The summed E-state index contributed by atoms with van der Waals surface area (Å²) in [5.41, 5.74) is 4.23. The first-order valence-electron chi connectivity index (χ1n) is 8.04. The average molecular weight is 397 g/mol. The summed E-state index contributed by atoms with van der Waals surface area (Å²) in [7, 11) is 0. The predicted molar refractivity (Wildman–Crippen MR) is 107 cm³/mol. The van der Waals surface area contributed by atoms with Gasteiger partial charge in [0.1, 0.15) is 16.2 Å². The summed E-state index contributed by atoms with van der Waals surface area (Å²) in [6, 6.07) is 14.2. The fraction of sp³-hybridized carbons (Fsp3) is 0.0526. The van der Waals surface area contributed by atoms with Crippen LogP contribution in [0.25, 0.3) is 21.5 Å². The SMILES string of the molecule is Cc1nc(-c2cccc(Cl)c2)sc1C(=O)Nn1cnc2ccccc2c1=O. The monoisotopic (exact) mass is 396 g/mol. The van der Waals surface area contributed by atoms with E-state index >= 15 is 0 Å². The third-order valence-electron chi connectivity index (χ3n) is 3.96. The molecule has 0 spiro atoms. The zero-order valence-corrected chi connectivity index (χ0v) is 15.7. The molecule has 0 radical (unpaired) electrons. The molecule has 27 heavy (non-hydrogen) atoms. The van der Waals surface area contributed by atoms with E-state index in [2.05, 4.69) is 15.4 Å². The van der Waals surface area contributed by atoms with Crippen molar-refractivity contribution < 1.29 is 4.79 Å². The van der Waals surface area contributed by atoms with Crippen molar-refractivity contribution in [1.82, 2.24) is 14.6 Å². The Labute approximate surface area is 163 Å². The Bertz CT molecular complexity index is 1230. The number of carbonyl (C=O) groups excluding carboxylic acids is 1. The summed E-state index contributed by atoms with van der Waals surface area (Å²) < 4.78 is 1.09. The first-order chi connectivity index (χ1) is 13.0. The van der Waals surface area contributed by atoms with Gasteiger partial charge in [0, 0.05) is 10.6 Å². The number of aromatic nitrogens is 3. The number of aryl methyl sites for hydroxylation is 1. The van der Waals surface area contributed by atoms with Crippen molar-refractivity contribution in [3.8, 4) is 10.6 Å².